The Hall–Kier alpha value is -0.281. The van der Waals surface area contributed by atoms with Crippen LogP contribution in [-0.4, -0.2) is 22.2 Å². The maximum atomic E-state index is 9.19. The van der Waals surface area contributed by atoms with E-state index in [2.05, 4.69) is 11.9 Å². The van der Waals surface area contributed by atoms with E-state index in [1.54, 1.807) is 0 Å². The molecule has 0 aliphatic rings. The van der Waals surface area contributed by atoms with E-state index >= 15 is 0 Å². The number of benzene rings is 1. The van der Waals surface area contributed by atoms with Crippen LogP contribution in [0.4, 0.5) is 0 Å². The number of hydrogen-bond donors (Lipinski definition) is 2. The molecule has 0 aliphatic heterocycles. The molecule has 1 radical (unpaired) electrons. The monoisotopic (exact) mass is 289 g/mol. The van der Waals surface area contributed by atoms with Crippen molar-refractivity contribution in [3.8, 4) is 0 Å². The standard InChI is InChI=1S/C11H11BNO2.Y/c1-2-11-9-6-4-3-5-8(9)10(7-13-11)12(14)15;/h3-7,14-15H,1-2H2;/q-1;. The normalized spacial score (nSPS) is 9.94. The van der Waals surface area contributed by atoms with Gasteiger partial charge >= 0.3 is 7.12 Å². The average Bonchev–Trinajstić information content (AvgIpc) is 2.27. The van der Waals surface area contributed by atoms with Gasteiger partial charge in [-0.25, -0.2) is 0 Å². The summed E-state index contributed by atoms with van der Waals surface area (Å²) in [7, 11) is -1.48. The largest absolute Gasteiger partial charge is 0.490 e. The van der Waals surface area contributed by atoms with Crippen LogP contribution in [0.15, 0.2) is 30.5 Å². The number of rotatable bonds is 2. The molecule has 2 N–H and O–H groups in total. The van der Waals surface area contributed by atoms with E-state index in [0.717, 1.165) is 16.5 Å². The first-order valence-corrected chi connectivity index (χ1v) is 4.76. The van der Waals surface area contributed by atoms with Gasteiger partial charge in [0.25, 0.3) is 0 Å². The zero-order chi connectivity index (χ0) is 10.8. The minimum absolute atomic E-state index is 0. The van der Waals surface area contributed by atoms with E-state index in [-0.39, 0.29) is 32.7 Å². The first-order valence-electron chi connectivity index (χ1n) is 4.76. The van der Waals surface area contributed by atoms with Gasteiger partial charge < -0.3 is 17.0 Å². The van der Waals surface area contributed by atoms with Crippen LogP contribution < -0.4 is 5.46 Å². The van der Waals surface area contributed by atoms with Crippen LogP contribution >= 0.6 is 0 Å². The van der Waals surface area contributed by atoms with Gasteiger partial charge in [0.05, 0.1) is 0 Å². The molecule has 3 nitrogen and oxygen atoms in total. The van der Waals surface area contributed by atoms with Crippen molar-refractivity contribution in [1.29, 1.82) is 0 Å². The van der Waals surface area contributed by atoms with E-state index in [9.17, 15) is 10.0 Å². The quantitative estimate of drug-likeness (QED) is 0.617. The average molecular weight is 289 g/mol. The molecule has 0 atom stereocenters. The van der Waals surface area contributed by atoms with Gasteiger partial charge in [0.2, 0.25) is 0 Å². The fourth-order valence-electron chi connectivity index (χ4n) is 1.68. The summed E-state index contributed by atoms with van der Waals surface area (Å²) in [5.74, 6) is 0. The first-order chi connectivity index (χ1) is 7.24. The number of pyridine rings is 1. The second-order valence-corrected chi connectivity index (χ2v) is 3.33. The zero-order valence-electron chi connectivity index (χ0n) is 8.80. The summed E-state index contributed by atoms with van der Waals surface area (Å²) in [6.45, 7) is 3.79. The Morgan fingerprint density at radius 3 is 2.38 bits per heavy atom. The van der Waals surface area contributed by atoms with Gasteiger partial charge in [0, 0.05) is 55.4 Å². The van der Waals surface area contributed by atoms with Gasteiger partial charge in [-0.3, -0.25) is 4.98 Å². The van der Waals surface area contributed by atoms with Crippen molar-refractivity contribution in [3.05, 3.63) is 43.1 Å². The van der Waals surface area contributed by atoms with Crippen molar-refractivity contribution in [3.63, 3.8) is 0 Å². The van der Waals surface area contributed by atoms with E-state index in [1.165, 1.54) is 6.20 Å². The molecule has 2 aromatic rings. The fourth-order valence-corrected chi connectivity index (χ4v) is 1.68. The topological polar surface area (TPSA) is 53.4 Å². The van der Waals surface area contributed by atoms with Crippen molar-refractivity contribution in [2.75, 3.05) is 0 Å². The van der Waals surface area contributed by atoms with E-state index in [0.29, 0.717) is 11.9 Å². The van der Waals surface area contributed by atoms with Gasteiger partial charge in [-0.1, -0.05) is 24.3 Å². The molecule has 16 heavy (non-hydrogen) atoms. The molecule has 79 valence electrons. The molecule has 1 heterocycles. The van der Waals surface area contributed by atoms with Gasteiger partial charge in [-0.2, -0.15) is 0 Å². The molecule has 0 unspecified atom stereocenters. The maximum Gasteiger partial charge on any atom is 0.490 e. The van der Waals surface area contributed by atoms with Crippen LogP contribution in [0.2, 0.25) is 0 Å². The van der Waals surface area contributed by atoms with Crippen LogP contribution in [0, 0.1) is 6.92 Å². The van der Waals surface area contributed by atoms with E-state index in [1.807, 2.05) is 24.3 Å². The molecule has 1 aromatic carbocycles. The maximum absolute atomic E-state index is 9.19. The summed E-state index contributed by atoms with van der Waals surface area (Å²) in [5, 5.41) is 20.1. The smallest absolute Gasteiger partial charge is 0.423 e. The summed E-state index contributed by atoms with van der Waals surface area (Å²) in [4.78, 5) is 4.16. The zero-order valence-corrected chi connectivity index (χ0v) is 11.6. The second-order valence-electron chi connectivity index (χ2n) is 3.33. The summed E-state index contributed by atoms with van der Waals surface area (Å²) < 4.78 is 0. The van der Waals surface area contributed by atoms with Crippen molar-refractivity contribution < 1.29 is 42.8 Å². The molecular formula is C11H11BNO2Y-. The molecular weight excluding hydrogens is 278 g/mol. The predicted molar refractivity (Wildman–Crippen MR) is 60.6 cm³/mol. The number of hydrogen-bond acceptors (Lipinski definition) is 3. The summed E-state index contributed by atoms with van der Waals surface area (Å²) in [6, 6.07) is 7.53. The van der Waals surface area contributed by atoms with E-state index < -0.39 is 7.12 Å². The van der Waals surface area contributed by atoms with Gasteiger partial charge in [-0.05, 0) is 5.39 Å². The minimum atomic E-state index is -1.48. The van der Waals surface area contributed by atoms with Crippen molar-refractivity contribution in [1.82, 2.24) is 4.98 Å². The Morgan fingerprint density at radius 1 is 1.19 bits per heavy atom. The van der Waals surface area contributed by atoms with Crippen LogP contribution in [0.3, 0.4) is 0 Å². The SMILES string of the molecule is [CH2-]Cc1ncc(B(O)O)c2ccccc12.[Y]. The van der Waals surface area contributed by atoms with Gasteiger partial charge in [0.1, 0.15) is 0 Å². The van der Waals surface area contributed by atoms with Gasteiger partial charge in [0.15, 0.2) is 0 Å². The Kier molecular flexibility index (Phi) is 5.06. The molecule has 0 saturated heterocycles. The molecule has 1 aromatic heterocycles. The molecule has 0 fully saturated rings. The Morgan fingerprint density at radius 2 is 1.81 bits per heavy atom. The molecule has 0 bridgehead atoms. The number of aromatic nitrogens is 1. The first kappa shape index (κ1) is 13.8. The van der Waals surface area contributed by atoms with Crippen molar-refractivity contribution >= 4 is 23.4 Å². The molecule has 0 aliphatic carbocycles. The number of fused-ring (bicyclic) bond motifs is 1. The third-order valence-corrected chi connectivity index (χ3v) is 2.42. The predicted octanol–water partition coefficient (Wildman–Crippen LogP) is 0.289. The summed E-state index contributed by atoms with van der Waals surface area (Å²) in [6.07, 6.45) is 2.08. The van der Waals surface area contributed by atoms with Crippen LogP contribution in [-0.2, 0) is 39.1 Å². The fraction of sp³-hybridized carbons (Fsp3) is 0.0909. The minimum Gasteiger partial charge on any atom is -0.423 e. The molecule has 5 heteroatoms. The van der Waals surface area contributed by atoms with Crippen LogP contribution in [0.25, 0.3) is 10.8 Å². The van der Waals surface area contributed by atoms with Crippen LogP contribution in [0.5, 0.6) is 0 Å². The third kappa shape index (κ3) is 2.51. The van der Waals surface area contributed by atoms with Crippen molar-refractivity contribution in [2.45, 2.75) is 6.42 Å². The van der Waals surface area contributed by atoms with E-state index in [4.69, 9.17) is 0 Å². The summed E-state index contributed by atoms with van der Waals surface area (Å²) >= 11 is 0. The Labute approximate surface area is 120 Å². The number of nitrogens with zero attached hydrogens (tertiary/aromatic N) is 1. The van der Waals surface area contributed by atoms with Gasteiger partial charge in [-0.15, -0.1) is 6.42 Å². The third-order valence-electron chi connectivity index (χ3n) is 2.42. The summed E-state index contributed by atoms with van der Waals surface area (Å²) in [5.41, 5.74) is 1.30. The molecule has 2 rings (SSSR count). The second kappa shape index (κ2) is 5.87. The Balaban J connectivity index is 0.00000128. The van der Waals surface area contributed by atoms with Crippen LogP contribution in [0.1, 0.15) is 5.69 Å². The molecule has 0 spiro atoms. The van der Waals surface area contributed by atoms with Crippen molar-refractivity contribution in [2.24, 2.45) is 0 Å². The molecule has 0 saturated carbocycles. The Bertz CT molecular complexity index is 490. The molecule has 0 amide bonds.